The fourth-order valence-electron chi connectivity index (χ4n) is 11.1. The third-order valence-electron chi connectivity index (χ3n) is 12.9. The first-order valence-corrected chi connectivity index (χ1v) is 20.9. The van der Waals surface area contributed by atoms with Crippen molar-refractivity contribution in [3.63, 3.8) is 0 Å². The molecule has 4 N–H and O–H groups in total. The van der Waals surface area contributed by atoms with Crippen LogP contribution in [-0.2, 0) is 11.2 Å². The van der Waals surface area contributed by atoms with E-state index in [4.69, 9.17) is 15.1 Å². The monoisotopic (exact) mass is 795 g/mol. The zero-order valence-corrected chi connectivity index (χ0v) is 34.7. The highest BCUT2D eigenvalue weighted by Gasteiger charge is 2.60. The normalized spacial score (nSPS) is 27.0. The van der Waals surface area contributed by atoms with Crippen LogP contribution in [-0.4, -0.2) is 88.3 Å². The second-order valence-corrected chi connectivity index (χ2v) is 19.0. The van der Waals surface area contributed by atoms with Crippen LogP contribution >= 0.6 is 11.3 Å². The molecule has 4 heterocycles. The van der Waals surface area contributed by atoms with Crippen molar-refractivity contribution in [2.24, 2.45) is 22.7 Å². The first kappa shape index (κ1) is 39.3. The van der Waals surface area contributed by atoms with Crippen LogP contribution in [0.2, 0.25) is 0 Å². The Balaban J connectivity index is 1.02. The van der Waals surface area contributed by atoms with E-state index in [0.29, 0.717) is 62.3 Å². The lowest BCUT2D eigenvalue weighted by Gasteiger charge is -2.56. The summed E-state index contributed by atoms with van der Waals surface area (Å²) in [6.07, 6.45) is 9.68. The minimum absolute atomic E-state index is 0.0679. The van der Waals surface area contributed by atoms with Gasteiger partial charge in [0.15, 0.2) is 22.5 Å². The fraction of sp³-hybridized carbons (Fsp3) is 0.535. The maximum atomic E-state index is 14.3. The molecule has 302 valence electrons. The second kappa shape index (κ2) is 15.0. The predicted molar refractivity (Wildman–Crippen MR) is 224 cm³/mol. The molecule has 57 heavy (non-hydrogen) atoms. The number of carboxylic acids is 1. The van der Waals surface area contributed by atoms with Gasteiger partial charge in [0.2, 0.25) is 0 Å². The van der Waals surface area contributed by atoms with Crippen LogP contribution in [0.25, 0.3) is 15.8 Å². The molecule has 5 unspecified atom stereocenters. The van der Waals surface area contributed by atoms with Crippen LogP contribution < -0.4 is 15.5 Å². The molecular formula is C43H54FN9O3S. The number of ether oxygens (including phenoxy) is 1. The molecule has 3 aromatic heterocycles. The number of carbonyl (C=O) groups is 1. The third-order valence-corrected chi connectivity index (χ3v) is 13.9. The van der Waals surface area contributed by atoms with Gasteiger partial charge in [-0.05, 0) is 126 Å². The number of fused-ring (bicyclic) bond motifs is 3. The number of pyridine rings is 1. The second-order valence-electron chi connectivity index (χ2n) is 18.0. The number of thiazole rings is 1. The molecule has 4 aliphatic carbocycles. The molecule has 14 heteroatoms. The summed E-state index contributed by atoms with van der Waals surface area (Å²) in [6, 6.07) is 8.40. The summed E-state index contributed by atoms with van der Waals surface area (Å²) in [5.74, 6) is 1.11. The fourth-order valence-corrected chi connectivity index (χ4v) is 12.0. The van der Waals surface area contributed by atoms with E-state index in [1.54, 1.807) is 18.2 Å². The van der Waals surface area contributed by atoms with Gasteiger partial charge < -0.3 is 35.7 Å². The van der Waals surface area contributed by atoms with Crippen molar-refractivity contribution >= 4 is 61.9 Å². The number of nitrogens with one attached hydrogen (secondary N) is 3. The van der Waals surface area contributed by atoms with Gasteiger partial charge in [-0.3, -0.25) is 0 Å². The van der Waals surface area contributed by atoms with Crippen molar-refractivity contribution in [1.82, 2.24) is 30.4 Å². The molecule has 0 spiro atoms. The standard InChI is InChI=1S/C43H54FN9O3S/c1-25-29-9-8-14-53(38(29)51-50-37(25)49-40-47-33-11-7-10-32(44)36(33)57-40)34-13-12-30(35(48-34)39(54)55)31(20-45)26(2)46-21-28-18-42(4)22-41(3)17-27(28)19-43(23-41,24-42)56-16-15-52(5)6/h7,10-13,20,27-28,45-46H,8-9,14-19,21-24H2,1-6H3,(H,54,55)(H,47,49,50)/b31-26+,45-20?. The lowest BCUT2D eigenvalue weighted by molar-refractivity contribution is -0.165. The number of benzene rings is 1. The summed E-state index contributed by atoms with van der Waals surface area (Å²) >= 11 is 1.22. The van der Waals surface area contributed by atoms with E-state index in [1.165, 1.54) is 36.5 Å². The van der Waals surface area contributed by atoms with Gasteiger partial charge in [0.25, 0.3) is 0 Å². The van der Waals surface area contributed by atoms with Crippen molar-refractivity contribution in [2.75, 3.05) is 50.6 Å². The minimum atomic E-state index is -1.16. The van der Waals surface area contributed by atoms with Crippen molar-refractivity contribution in [2.45, 2.75) is 84.7 Å². The molecule has 0 radical (unpaired) electrons. The van der Waals surface area contributed by atoms with Crippen LogP contribution in [0.15, 0.2) is 36.0 Å². The molecule has 9 rings (SSSR count). The first-order valence-electron chi connectivity index (χ1n) is 20.1. The molecule has 1 aromatic carbocycles. The Kier molecular flexibility index (Phi) is 10.3. The number of aromatic nitrogens is 4. The average Bonchev–Trinajstić information content (AvgIpc) is 3.51. The molecule has 0 saturated heterocycles. The zero-order chi connectivity index (χ0) is 40.3. The van der Waals surface area contributed by atoms with Crippen molar-refractivity contribution in [3.8, 4) is 0 Å². The van der Waals surface area contributed by atoms with Gasteiger partial charge in [0, 0.05) is 53.8 Å². The van der Waals surface area contributed by atoms with Gasteiger partial charge >= 0.3 is 5.97 Å². The van der Waals surface area contributed by atoms with Crippen LogP contribution in [0.4, 0.5) is 27.0 Å². The molecule has 4 aromatic rings. The lowest BCUT2D eigenvalue weighted by atomic mass is 9.53. The van der Waals surface area contributed by atoms with Gasteiger partial charge in [-0.15, -0.1) is 10.2 Å². The zero-order valence-electron chi connectivity index (χ0n) is 33.8. The number of rotatable bonds is 13. The van der Waals surface area contributed by atoms with Gasteiger partial charge in [0.05, 0.1) is 22.4 Å². The van der Waals surface area contributed by atoms with Crippen LogP contribution in [0.1, 0.15) is 92.9 Å². The Labute approximate surface area is 337 Å². The molecular weight excluding hydrogens is 742 g/mol. The summed E-state index contributed by atoms with van der Waals surface area (Å²) < 4.78 is 21.6. The van der Waals surface area contributed by atoms with Gasteiger partial charge in [-0.2, -0.15) is 0 Å². The minimum Gasteiger partial charge on any atom is -0.476 e. The Bertz CT molecular complexity index is 2260. The maximum absolute atomic E-state index is 14.3. The number of aromatic carboxylic acids is 1. The molecule has 4 bridgehead atoms. The number of carboxylic acid groups (broad SMARTS) is 1. The van der Waals surface area contributed by atoms with E-state index in [2.05, 4.69) is 58.7 Å². The number of allylic oxidation sites excluding steroid dienone is 2. The van der Waals surface area contributed by atoms with E-state index in [0.717, 1.165) is 75.0 Å². The Morgan fingerprint density at radius 2 is 1.91 bits per heavy atom. The van der Waals surface area contributed by atoms with Gasteiger partial charge in [0.1, 0.15) is 11.6 Å². The number of anilines is 4. The van der Waals surface area contributed by atoms with E-state index in [9.17, 15) is 14.3 Å². The largest absolute Gasteiger partial charge is 0.476 e. The molecule has 4 fully saturated rings. The third kappa shape index (κ3) is 7.63. The SMILES string of the molecule is C/C(NCC1CC2(C)CC3(C)CC1CC(OCCN(C)C)(C2)C3)=C(/C=N)c1ccc(N2CCCc3c2nnc(Nc2nc4cccc(F)c4s2)c3C)nc1C(=O)O. The Morgan fingerprint density at radius 3 is 2.65 bits per heavy atom. The van der Waals surface area contributed by atoms with Crippen molar-refractivity contribution in [3.05, 3.63) is 64.2 Å². The first-order chi connectivity index (χ1) is 27.2. The molecule has 1 aliphatic heterocycles. The summed E-state index contributed by atoms with van der Waals surface area (Å²) in [4.78, 5) is 26.2. The van der Waals surface area contributed by atoms with Gasteiger partial charge in [-0.1, -0.05) is 31.3 Å². The van der Waals surface area contributed by atoms with Crippen LogP contribution in [0, 0.1) is 40.8 Å². The van der Waals surface area contributed by atoms with E-state index < -0.39 is 5.97 Å². The topological polar surface area (TPSA) is 152 Å². The average molecular weight is 796 g/mol. The molecule has 12 nitrogen and oxygen atoms in total. The summed E-state index contributed by atoms with van der Waals surface area (Å²) in [5, 5.41) is 35.4. The van der Waals surface area contributed by atoms with E-state index >= 15 is 0 Å². The molecule has 0 amide bonds. The number of halogens is 1. The molecule has 4 saturated carbocycles. The highest BCUT2D eigenvalue weighted by atomic mass is 32.1. The van der Waals surface area contributed by atoms with Crippen molar-refractivity contribution < 1.29 is 19.0 Å². The van der Waals surface area contributed by atoms with Crippen molar-refractivity contribution in [1.29, 1.82) is 5.41 Å². The van der Waals surface area contributed by atoms with Crippen LogP contribution in [0.5, 0.6) is 0 Å². The summed E-state index contributed by atoms with van der Waals surface area (Å²) in [6.45, 7) is 11.9. The predicted octanol–water partition coefficient (Wildman–Crippen LogP) is 8.37. The number of nitrogens with zero attached hydrogens (tertiary/aromatic N) is 6. The number of hydrogen-bond donors (Lipinski definition) is 4. The smallest absolute Gasteiger partial charge is 0.355 e. The van der Waals surface area contributed by atoms with Gasteiger partial charge in [-0.25, -0.2) is 19.2 Å². The molecule has 5 atom stereocenters. The van der Waals surface area contributed by atoms with E-state index in [-0.39, 0.29) is 27.9 Å². The summed E-state index contributed by atoms with van der Waals surface area (Å²) in [5.41, 5.74) is 4.39. The Morgan fingerprint density at radius 1 is 1.12 bits per heavy atom. The lowest BCUT2D eigenvalue weighted by Crippen LogP contribution is -2.52. The number of hydrogen-bond acceptors (Lipinski definition) is 12. The summed E-state index contributed by atoms with van der Waals surface area (Å²) in [7, 11) is 4.19. The quantitative estimate of drug-likeness (QED) is 0.0966. The van der Waals surface area contributed by atoms with E-state index in [1.807, 2.05) is 24.8 Å². The number of likely N-dealkylation sites (N-methyl/N-ethyl adjacent to an activating group) is 1. The van der Waals surface area contributed by atoms with Crippen LogP contribution in [0.3, 0.4) is 0 Å². The highest BCUT2D eigenvalue weighted by molar-refractivity contribution is 7.22. The highest BCUT2D eigenvalue weighted by Crippen LogP contribution is 2.66. The molecule has 5 aliphatic rings. The maximum Gasteiger partial charge on any atom is 0.355 e. The Hall–Kier alpha value is -4.53.